The van der Waals surface area contributed by atoms with Gasteiger partial charge in [0, 0.05) is 42.3 Å². The van der Waals surface area contributed by atoms with Gasteiger partial charge in [0.2, 0.25) is 0 Å². The predicted molar refractivity (Wildman–Crippen MR) is 101 cm³/mol. The van der Waals surface area contributed by atoms with Crippen LogP contribution in [0, 0.1) is 0 Å². The topological polar surface area (TPSA) is 29.5 Å². The lowest BCUT2D eigenvalue weighted by molar-refractivity contribution is 0.104. The van der Waals surface area contributed by atoms with Crippen molar-refractivity contribution >= 4 is 17.5 Å². The molecule has 126 valence electrons. The summed E-state index contributed by atoms with van der Waals surface area (Å²) in [5.41, 5.74) is 2.00. The number of rotatable bonds is 4. The Balaban J connectivity index is 1.41. The van der Waals surface area contributed by atoms with E-state index >= 15 is 0 Å². The first-order valence-electron chi connectivity index (χ1n) is 8.41. The average molecular weight is 349 g/mol. The molecule has 2 aliphatic heterocycles. The Bertz CT molecular complexity index is 829. The summed E-state index contributed by atoms with van der Waals surface area (Å²) in [4.78, 5) is 15.6. The van der Waals surface area contributed by atoms with Crippen LogP contribution in [0.1, 0.15) is 21.8 Å². The van der Waals surface area contributed by atoms with Crippen LogP contribution in [0.5, 0.6) is 5.75 Å². The smallest absolute Gasteiger partial charge is 0.187 e. The number of hydrogen-bond acceptors (Lipinski definition) is 4. The molecule has 4 rings (SSSR count). The van der Waals surface area contributed by atoms with E-state index in [1.807, 2.05) is 36.7 Å². The van der Waals surface area contributed by atoms with E-state index in [-0.39, 0.29) is 5.78 Å². The minimum absolute atomic E-state index is 0.0190. The minimum Gasteiger partial charge on any atom is -0.492 e. The number of benzene rings is 2. The molecule has 2 aliphatic rings. The molecule has 2 aromatic rings. The van der Waals surface area contributed by atoms with Crippen LogP contribution in [-0.2, 0) is 0 Å². The summed E-state index contributed by atoms with van der Waals surface area (Å²) >= 11 is 1.74. The van der Waals surface area contributed by atoms with Crippen molar-refractivity contribution in [1.29, 1.82) is 0 Å². The van der Waals surface area contributed by atoms with Gasteiger partial charge in [-0.05, 0) is 23.8 Å². The van der Waals surface area contributed by atoms with Crippen LogP contribution >= 0.6 is 11.8 Å². The van der Waals surface area contributed by atoms with E-state index in [1.165, 1.54) is 5.56 Å². The average Bonchev–Trinajstić information content (AvgIpc) is 3.15. The zero-order valence-electron chi connectivity index (χ0n) is 13.8. The molecule has 0 spiro atoms. The van der Waals surface area contributed by atoms with Crippen molar-refractivity contribution in [2.75, 3.05) is 18.9 Å². The van der Waals surface area contributed by atoms with Gasteiger partial charge in [-0.2, -0.15) is 0 Å². The van der Waals surface area contributed by atoms with Crippen molar-refractivity contribution in [3.8, 4) is 5.75 Å². The number of allylic oxidation sites excluding steroid dienone is 1. The zero-order valence-corrected chi connectivity index (χ0v) is 14.6. The summed E-state index contributed by atoms with van der Waals surface area (Å²) in [7, 11) is 0. The van der Waals surface area contributed by atoms with Crippen LogP contribution in [0.15, 0.2) is 78.0 Å². The second-order valence-corrected chi connectivity index (χ2v) is 7.23. The molecule has 0 saturated carbocycles. The first kappa shape index (κ1) is 16.0. The molecule has 2 heterocycles. The highest BCUT2D eigenvalue weighted by molar-refractivity contribution is 7.99. The van der Waals surface area contributed by atoms with Crippen molar-refractivity contribution in [2.24, 2.45) is 0 Å². The van der Waals surface area contributed by atoms with Gasteiger partial charge in [-0.25, -0.2) is 0 Å². The standard InChI is InChI=1S/C21H19NO2S/c23-19(17-6-7-20-21(14-17)25-13-12-24-20)9-11-22-10-8-18(15-22)16-4-2-1-3-5-16/h1-11,14,18H,12-13,15H2/b11-9+. The van der Waals surface area contributed by atoms with E-state index in [0.717, 1.165) is 29.5 Å². The summed E-state index contributed by atoms with van der Waals surface area (Å²) in [6.45, 7) is 1.59. The van der Waals surface area contributed by atoms with Gasteiger partial charge >= 0.3 is 0 Å². The Morgan fingerprint density at radius 2 is 2.08 bits per heavy atom. The van der Waals surface area contributed by atoms with Crippen LogP contribution in [0.2, 0.25) is 0 Å². The molecule has 1 atom stereocenters. The Morgan fingerprint density at radius 1 is 1.20 bits per heavy atom. The third-order valence-corrected chi connectivity index (χ3v) is 5.39. The van der Waals surface area contributed by atoms with Crippen LogP contribution in [0.3, 0.4) is 0 Å². The number of carbonyl (C=O) groups is 1. The van der Waals surface area contributed by atoms with Crippen LogP contribution in [-0.4, -0.2) is 29.6 Å². The summed E-state index contributed by atoms with van der Waals surface area (Å²) in [5, 5.41) is 0. The Morgan fingerprint density at radius 3 is 2.96 bits per heavy atom. The molecule has 0 fully saturated rings. The van der Waals surface area contributed by atoms with Crippen molar-refractivity contribution in [3.05, 3.63) is 84.2 Å². The molecule has 1 unspecified atom stereocenters. The highest BCUT2D eigenvalue weighted by Crippen LogP contribution is 2.34. The molecule has 4 heteroatoms. The molecule has 0 aromatic heterocycles. The van der Waals surface area contributed by atoms with Gasteiger partial charge in [0.15, 0.2) is 5.78 Å². The molecule has 0 radical (unpaired) electrons. The normalized spacial score (nSPS) is 19.0. The monoisotopic (exact) mass is 349 g/mol. The van der Waals surface area contributed by atoms with Gasteiger partial charge in [-0.1, -0.05) is 36.4 Å². The molecule has 0 N–H and O–H groups in total. The maximum Gasteiger partial charge on any atom is 0.187 e. The van der Waals surface area contributed by atoms with Gasteiger partial charge in [0.1, 0.15) is 5.75 Å². The van der Waals surface area contributed by atoms with E-state index < -0.39 is 0 Å². The lowest BCUT2D eigenvalue weighted by Gasteiger charge is -2.17. The molecular weight excluding hydrogens is 330 g/mol. The minimum atomic E-state index is 0.0190. The van der Waals surface area contributed by atoms with Crippen LogP contribution in [0.25, 0.3) is 0 Å². The highest BCUT2D eigenvalue weighted by Gasteiger charge is 2.17. The number of nitrogens with zero attached hydrogens (tertiary/aromatic N) is 1. The van der Waals surface area contributed by atoms with Crippen molar-refractivity contribution in [3.63, 3.8) is 0 Å². The Hall–Kier alpha value is -2.46. The largest absolute Gasteiger partial charge is 0.492 e. The molecule has 0 saturated heterocycles. The fourth-order valence-corrected chi connectivity index (χ4v) is 3.91. The lowest BCUT2D eigenvalue weighted by atomic mass is 10.0. The van der Waals surface area contributed by atoms with E-state index in [2.05, 4.69) is 35.2 Å². The first-order valence-corrected chi connectivity index (χ1v) is 9.39. The number of thioether (sulfide) groups is 1. The first-order chi connectivity index (χ1) is 12.3. The summed E-state index contributed by atoms with van der Waals surface area (Å²) in [5.74, 6) is 2.20. The van der Waals surface area contributed by atoms with E-state index in [1.54, 1.807) is 17.8 Å². The molecule has 2 aromatic carbocycles. The summed E-state index contributed by atoms with van der Waals surface area (Å²) in [6.07, 6.45) is 7.73. The third kappa shape index (κ3) is 3.64. The SMILES string of the molecule is O=C(/C=C/N1C=CC(c2ccccc2)C1)c1ccc2c(c1)SCCO2. The quantitative estimate of drug-likeness (QED) is 0.601. The van der Waals surface area contributed by atoms with Crippen molar-refractivity contribution in [2.45, 2.75) is 10.8 Å². The molecule has 0 amide bonds. The van der Waals surface area contributed by atoms with Gasteiger partial charge in [0.05, 0.1) is 11.5 Å². The number of carbonyl (C=O) groups excluding carboxylic acids is 1. The molecule has 25 heavy (non-hydrogen) atoms. The molecule has 0 aliphatic carbocycles. The van der Waals surface area contributed by atoms with Gasteiger partial charge in [0.25, 0.3) is 0 Å². The van der Waals surface area contributed by atoms with Gasteiger partial charge in [-0.15, -0.1) is 11.8 Å². The van der Waals surface area contributed by atoms with Crippen LogP contribution in [0.4, 0.5) is 0 Å². The Kier molecular flexibility index (Phi) is 4.61. The van der Waals surface area contributed by atoms with E-state index in [4.69, 9.17) is 4.74 Å². The maximum absolute atomic E-state index is 12.5. The number of hydrogen-bond donors (Lipinski definition) is 0. The second kappa shape index (κ2) is 7.19. The predicted octanol–water partition coefficient (Wildman–Crippen LogP) is 4.48. The fourth-order valence-electron chi connectivity index (χ4n) is 3.05. The lowest BCUT2D eigenvalue weighted by Crippen LogP contribution is -2.11. The van der Waals surface area contributed by atoms with Crippen molar-refractivity contribution in [1.82, 2.24) is 4.90 Å². The molecular formula is C21H19NO2S. The maximum atomic E-state index is 12.5. The summed E-state index contributed by atoms with van der Waals surface area (Å²) in [6, 6.07) is 16.1. The highest BCUT2D eigenvalue weighted by atomic mass is 32.2. The number of fused-ring (bicyclic) bond motifs is 1. The molecule has 3 nitrogen and oxygen atoms in total. The van der Waals surface area contributed by atoms with E-state index in [0.29, 0.717) is 11.5 Å². The molecule has 0 bridgehead atoms. The van der Waals surface area contributed by atoms with Crippen molar-refractivity contribution < 1.29 is 9.53 Å². The zero-order chi connectivity index (χ0) is 17.1. The Labute approximate surface area is 152 Å². The van der Waals surface area contributed by atoms with Crippen LogP contribution < -0.4 is 4.74 Å². The van der Waals surface area contributed by atoms with E-state index in [9.17, 15) is 4.79 Å². The fraction of sp³-hybridized carbons (Fsp3) is 0.190. The van der Waals surface area contributed by atoms with Gasteiger partial charge in [-0.3, -0.25) is 4.79 Å². The third-order valence-electron chi connectivity index (χ3n) is 4.39. The number of ketones is 1. The number of ether oxygens (including phenoxy) is 1. The second-order valence-electron chi connectivity index (χ2n) is 6.09. The van der Waals surface area contributed by atoms with Gasteiger partial charge < -0.3 is 9.64 Å². The summed E-state index contributed by atoms with van der Waals surface area (Å²) < 4.78 is 5.59.